The van der Waals surface area contributed by atoms with E-state index in [4.69, 9.17) is 0 Å². The highest BCUT2D eigenvalue weighted by molar-refractivity contribution is 5.89. The van der Waals surface area contributed by atoms with Crippen molar-refractivity contribution in [2.24, 2.45) is 58.2 Å². The number of nitrogens with one attached hydrogen (secondary N) is 1. The first-order valence-corrected chi connectivity index (χ1v) is 14.8. The maximum absolute atomic E-state index is 13.4. The fraction of sp³-hybridized carbons (Fsp3) is 0.935. The molecular formula is C31H53NO2. The van der Waals surface area contributed by atoms with Gasteiger partial charge in [-0.25, -0.2) is 0 Å². The second kappa shape index (κ2) is 9.89. The fourth-order valence-corrected chi connectivity index (χ4v) is 9.93. The van der Waals surface area contributed by atoms with Crippen molar-refractivity contribution in [3.05, 3.63) is 0 Å². The van der Waals surface area contributed by atoms with Gasteiger partial charge in [-0.1, -0.05) is 53.9 Å². The zero-order valence-corrected chi connectivity index (χ0v) is 23.3. The molecule has 0 aromatic rings. The van der Waals surface area contributed by atoms with Crippen LogP contribution in [0.2, 0.25) is 0 Å². The first kappa shape index (κ1) is 26.2. The topological polar surface area (TPSA) is 46.2 Å². The van der Waals surface area contributed by atoms with Gasteiger partial charge in [0.1, 0.15) is 5.78 Å². The van der Waals surface area contributed by atoms with Crippen LogP contribution in [0.4, 0.5) is 0 Å². The monoisotopic (exact) mass is 471 g/mol. The molecule has 4 fully saturated rings. The molecule has 4 saturated carbocycles. The maximum atomic E-state index is 13.4. The highest BCUT2D eigenvalue weighted by atomic mass is 16.2. The van der Waals surface area contributed by atoms with Gasteiger partial charge in [-0.2, -0.15) is 0 Å². The van der Waals surface area contributed by atoms with Crippen LogP contribution < -0.4 is 5.32 Å². The molecule has 0 spiro atoms. The van der Waals surface area contributed by atoms with Crippen LogP contribution in [0.5, 0.6) is 0 Å². The van der Waals surface area contributed by atoms with E-state index in [1.54, 1.807) is 0 Å². The Bertz CT molecular complexity index is 759. The highest BCUT2D eigenvalue weighted by Gasteiger charge is 2.63. The van der Waals surface area contributed by atoms with Gasteiger partial charge >= 0.3 is 0 Å². The van der Waals surface area contributed by atoms with Crippen LogP contribution in [-0.4, -0.2) is 17.7 Å². The largest absolute Gasteiger partial charge is 0.354 e. The predicted octanol–water partition coefficient (Wildman–Crippen LogP) is 7.43. The average Bonchev–Trinajstić information content (AvgIpc) is 3.10. The Morgan fingerprint density at radius 1 is 0.941 bits per heavy atom. The number of carbonyl (C=O) groups excluding carboxylic acids is 2. The standard InChI is InChI=1S/C31H53NO2/c1-19(2)9-8-10-21(5)25-13-14-26-24-12-11-22-17-23(33)18-28(29(34)32-20(3)4)31(22,7)27(24)15-16-30(25,26)6/h19-22,24-28H,8-18H2,1-7H3,(H,32,34)/t21-,22?,24+,25-,26+,27+,28?,30-,31+/m1/s1. The quantitative estimate of drug-likeness (QED) is 0.420. The summed E-state index contributed by atoms with van der Waals surface area (Å²) in [5, 5.41) is 3.20. The second-order valence-electron chi connectivity index (χ2n) is 14.2. The van der Waals surface area contributed by atoms with E-state index < -0.39 is 0 Å². The SMILES string of the molecule is CC(C)CCC[C@@H](C)[C@H]1CC[C@H]2[C@@H]3CCC4CC(=O)CC(C(=O)NC(C)C)[C@]4(C)[C@H]3CC[C@]12C. The number of fused-ring (bicyclic) bond motifs is 5. The molecular weight excluding hydrogens is 418 g/mol. The molecule has 0 saturated heterocycles. The van der Waals surface area contributed by atoms with Crippen molar-refractivity contribution in [3.63, 3.8) is 0 Å². The smallest absolute Gasteiger partial charge is 0.224 e. The summed E-state index contributed by atoms with van der Waals surface area (Å²) in [5.41, 5.74) is 0.458. The fourth-order valence-electron chi connectivity index (χ4n) is 9.93. The average molecular weight is 472 g/mol. The Labute approximate surface area is 210 Å². The lowest BCUT2D eigenvalue weighted by Crippen LogP contribution is -2.60. The summed E-state index contributed by atoms with van der Waals surface area (Å²) in [6.07, 6.45) is 13.1. The summed E-state index contributed by atoms with van der Waals surface area (Å²) in [6, 6.07) is 0.133. The van der Waals surface area contributed by atoms with E-state index in [-0.39, 0.29) is 23.3 Å². The molecule has 0 aromatic carbocycles. The number of rotatable bonds is 7. The molecule has 0 heterocycles. The molecule has 0 radical (unpaired) electrons. The molecule has 1 amide bonds. The molecule has 4 rings (SSSR count). The summed E-state index contributed by atoms with van der Waals surface area (Å²) >= 11 is 0. The molecule has 4 aliphatic carbocycles. The lowest BCUT2D eigenvalue weighted by Gasteiger charge is -2.62. The molecule has 3 nitrogen and oxygen atoms in total. The van der Waals surface area contributed by atoms with Crippen LogP contribution in [-0.2, 0) is 9.59 Å². The van der Waals surface area contributed by atoms with Crippen molar-refractivity contribution >= 4 is 11.7 Å². The van der Waals surface area contributed by atoms with Crippen molar-refractivity contribution in [2.45, 2.75) is 125 Å². The van der Waals surface area contributed by atoms with E-state index in [0.29, 0.717) is 35.9 Å². The number of Topliss-reactive ketones (excluding diaryl/α,β-unsaturated/α-hetero) is 1. The Hall–Kier alpha value is -0.860. The van der Waals surface area contributed by atoms with Crippen LogP contribution in [0.25, 0.3) is 0 Å². The van der Waals surface area contributed by atoms with Gasteiger partial charge in [0.2, 0.25) is 5.91 Å². The first-order chi connectivity index (χ1) is 16.0. The van der Waals surface area contributed by atoms with Gasteiger partial charge in [0, 0.05) is 18.9 Å². The zero-order valence-electron chi connectivity index (χ0n) is 23.3. The minimum absolute atomic E-state index is 0.0158. The normalized spacial score (nSPS) is 42.8. The van der Waals surface area contributed by atoms with E-state index in [9.17, 15) is 9.59 Å². The van der Waals surface area contributed by atoms with E-state index in [1.165, 1.54) is 51.4 Å². The Morgan fingerprint density at radius 3 is 2.35 bits per heavy atom. The molecule has 0 aromatic heterocycles. The second-order valence-corrected chi connectivity index (χ2v) is 14.2. The Balaban J connectivity index is 1.55. The molecule has 1 N–H and O–H groups in total. The van der Waals surface area contributed by atoms with Gasteiger partial charge in [0.25, 0.3) is 0 Å². The third kappa shape index (κ3) is 4.52. The molecule has 194 valence electrons. The van der Waals surface area contributed by atoms with E-state index >= 15 is 0 Å². The summed E-state index contributed by atoms with van der Waals surface area (Å²) in [5.74, 6) is 5.40. The van der Waals surface area contributed by atoms with Crippen molar-refractivity contribution < 1.29 is 9.59 Å². The minimum Gasteiger partial charge on any atom is -0.354 e. The number of carbonyl (C=O) groups is 2. The summed E-state index contributed by atoms with van der Waals surface area (Å²) in [7, 11) is 0. The Kier molecular flexibility index (Phi) is 7.62. The third-order valence-corrected chi connectivity index (χ3v) is 11.6. The van der Waals surface area contributed by atoms with Crippen molar-refractivity contribution in [1.29, 1.82) is 0 Å². The molecule has 0 bridgehead atoms. The molecule has 9 atom stereocenters. The van der Waals surface area contributed by atoms with Gasteiger partial charge in [0.15, 0.2) is 0 Å². The number of hydrogen-bond donors (Lipinski definition) is 1. The maximum Gasteiger partial charge on any atom is 0.224 e. The van der Waals surface area contributed by atoms with Crippen LogP contribution >= 0.6 is 0 Å². The van der Waals surface area contributed by atoms with Crippen LogP contribution in [0, 0.1) is 58.2 Å². The van der Waals surface area contributed by atoms with Gasteiger partial charge in [-0.05, 0) is 105 Å². The highest BCUT2D eigenvalue weighted by Crippen LogP contribution is 2.69. The van der Waals surface area contributed by atoms with E-state index in [0.717, 1.165) is 36.0 Å². The predicted molar refractivity (Wildman–Crippen MR) is 140 cm³/mol. The number of amides is 1. The van der Waals surface area contributed by atoms with E-state index in [2.05, 4.69) is 39.9 Å². The van der Waals surface area contributed by atoms with Gasteiger partial charge in [-0.3, -0.25) is 9.59 Å². The number of hydrogen-bond acceptors (Lipinski definition) is 2. The summed E-state index contributed by atoms with van der Waals surface area (Å²) in [4.78, 5) is 26.1. The van der Waals surface area contributed by atoms with Crippen LogP contribution in [0.15, 0.2) is 0 Å². The molecule has 4 aliphatic rings. The van der Waals surface area contributed by atoms with Gasteiger partial charge in [0.05, 0.1) is 5.92 Å². The molecule has 3 heteroatoms. The first-order valence-electron chi connectivity index (χ1n) is 14.8. The number of ketones is 1. The van der Waals surface area contributed by atoms with Crippen LogP contribution in [0.1, 0.15) is 119 Å². The third-order valence-electron chi connectivity index (χ3n) is 11.6. The summed E-state index contributed by atoms with van der Waals surface area (Å²) in [6.45, 7) is 16.4. The molecule has 0 aliphatic heterocycles. The van der Waals surface area contributed by atoms with Crippen molar-refractivity contribution in [1.82, 2.24) is 5.32 Å². The van der Waals surface area contributed by atoms with Crippen LogP contribution in [0.3, 0.4) is 0 Å². The van der Waals surface area contributed by atoms with Crippen molar-refractivity contribution in [2.75, 3.05) is 0 Å². The molecule has 2 unspecified atom stereocenters. The minimum atomic E-state index is -0.134. The molecule has 34 heavy (non-hydrogen) atoms. The van der Waals surface area contributed by atoms with Gasteiger partial charge < -0.3 is 5.32 Å². The van der Waals surface area contributed by atoms with Crippen molar-refractivity contribution in [3.8, 4) is 0 Å². The van der Waals surface area contributed by atoms with E-state index in [1.807, 2.05) is 13.8 Å². The Morgan fingerprint density at radius 2 is 1.68 bits per heavy atom. The zero-order chi connectivity index (χ0) is 24.8. The lowest BCUT2D eigenvalue weighted by atomic mass is 9.42. The van der Waals surface area contributed by atoms with Gasteiger partial charge in [-0.15, -0.1) is 0 Å². The summed E-state index contributed by atoms with van der Waals surface area (Å²) < 4.78 is 0. The lowest BCUT2D eigenvalue weighted by molar-refractivity contribution is -0.165.